The monoisotopic (exact) mass is 329 g/mol. The molecule has 1 amide bonds. The zero-order chi connectivity index (χ0) is 16.4. The molecule has 2 aromatic rings. The third-order valence-corrected chi connectivity index (χ3v) is 4.45. The van der Waals surface area contributed by atoms with E-state index in [1.54, 1.807) is 36.4 Å². The Kier molecular flexibility index (Phi) is 4.25. The molecule has 1 aromatic carbocycles. The molecule has 1 heterocycles. The minimum Gasteiger partial charge on any atom is -0.422 e. The van der Waals surface area contributed by atoms with E-state index >= 15 is 0 Å². The largest absolute Gasteiger partial charge is 0.422 e. The van der Waals surface area contributed by atoms with Gasteiger partial charge in [0.15, 0.2) is 5.78 Å². The number of esters is 1. The van der Waals surface area contributed by atoms with Crippen molar-refractivity contribution in [1.29, 1.82) is 0 Å². The van der Waals surface area contributed by atoms with E-state index in [0.29, 0.717) is 21.2 Å². The van der Waals surface area contributed by atoms with E-state index in [-0.39, 0.29) is 17.6 Å². The van der Waals surface area contributed by atoms with Gasteiger partial charge in [-0.2, -0.15) is 0 Å². The van der Waals surface area contributed by atoms with Crippen LogP contribution < -0.4 is 10.1 Å². The Labute approximate surface area is 137 Å². The van der Waals surface area contributed by atoms with Gasteiger partial charge in [-0.25, -0.2) is 4.79 Å². The minimum atomic E-state index is -0.488. The van der Waals surface area contributed by atoms with Crippen LogP contribution in [0.2, 0.25) is 0 Å². The second-order valence-electron chi connectivity index (χ2n) is 5.40. The summed E-state index contributed by atoms with van der Waals surface area (Å²) in [6.45, 7) is 1.48. The van der Waals surface area contributed by atoms with Crippen molar-refractivity contribution in [2.75, 3.05) is 5.32 Å². The topological polar surface area (TPSA) is 72.5 Å². The van der Waals surface area contributed by atoms with Crippen molar-refractivity contribution in [3.8, 4) is 5.75 Å². The van der Waals surface area contributed by atoms with Crippen LogP contribution in [0.5, 0.6) is 5.75 Å². The van der Waals surface area contributed by atoms with E-state index in [9.17, 15) is 14.4 Å². The van der Waals surface area contributed by atoms with Gasteiger partial charge in [-0.1, -0.05) is 0 Å². The maximum atomic E-state index is 12.1. The molecule has 23 heavy (non-hydrogen) atoms. The standard InChI is InChI=1S/C17H15NO4S/c1-10(19)11-4-6-13(7-5-11)22-17(21)14-8-9-15(23-14)18-16(20)12-2-3-12/h4-9,12H,2-3H2,1H3,(H,18,20). The van der Waals surface area contributed by atoms with Crippen LogP contribution in [0.1, 0.15) is 39.8 Å². The third-order valence-electron chi connectivity index (χ3n) is 3.47. The molecule has 6 heteroatoms. The maximum Gasteiger partial charge on any atom is 0.353 e. The number of amides is 1. The highest BCUT2D eigenvalue weighted by molar-refractivity contribution is 7.18. The average molecular weight is 329 g/mol. The Morgan fingerprint density at radius 2 is 1.78 bits per heavy atom. The normalized spacial score (nSPS) is 13.4. The first kappa shape index (κ1) is 15.4. The van der Waals surface area contributed by atoms with E-state index in [0.717, 1.165) is 12.8 Å². The first-order chi connectivity index (χ1) is 11.0. The number of hydrogen-bond donors (Lipinski definition) is 1. The Hall–Kier alpha value is -2.47. The van der Waals surface area contributed by atoms with Gasteiger partial charge in [-0.3, -0.25) is 9.59 Å². The Morgan fingerprint density at radius 1 is 1.09 bits per heavy atom. The molecule has 1 N–H and O–H groups in total. The quantitative estimate of drug-likeness (QED) is 0.517. The number of thiophene rings is 1. The summed E-state index contributed by atoms with van der Waals surface area (Å²) in [4.78, 5) is 35.4. The van der Waals surface area contributed by atoms with Gasteiger partial charge in [0.1, 0.15) is 10.6 Å². The molecule has 0 spiro atoms. The zero-order valence-electron chi connectivity index (χ0n) is 12.5. The van der Waals surface area contributed by atoms with Crippen molar-refractivity contribution in [2.45, 2.75) is 19.8 Å². The molecular formula is C17H15NO4S. The first-order valence-electron chi connectivity index (χ1n) is 7.27. The van der Waals surface area contributed by atoms with Crippen molar-refractivity contribution >= 4 is 34.0 Å². The van der Waals surface area contributed by atoms with Crippen LogP contribution in [-0.2, 0) is 4.79 Å². The summed E-state index contributed by atoms with van der Waals surface area (Å²) in [5, 5.41) is 3.44. The first-order valence-corrected chi connectivity index (χ1v) is 8.08. The van der Waals surface area contributed by atoms with Gasteiger partial charge in [0.2, 0.25) is 5.91 Å². The van der Waals surface area contributed by atoms with Crippen molar-refractivity contribution in [1.82, 2.24) is 0 Å². The second-order valence-corrected chi connectivity index (χ2v) is 6.48. The summed E-state index contributed by atoms with van der Waals surface area (Å²) in [6.07, 6.45) is 1.87. The van der Waals surface area contributed by atoms with E-state index in [1.165, 1.54) is 18.3 Å². The van der Waals surface area contributed by atoms with Crippen LogP contribution in [0.4, 0.5) is 5.00 Å². The number of ether oxygens (including phenoxy) is 1. The molecule has 1 aliphatic carbocycles. The molecule has 0 aliphatic heterocycles. The molecule has 0 bridgehead atoms. The molecule has 0 atom stereocenters. The molecule has 0 saturated heterocycles. The number of carbonyl (C=O) groups is 3. The molecule has 0 radical (unpaired) electrons. The molecule has 1 aliphatic rings. The van der Waals surface area contributed by atoms with Crippen LogP contribution in [0, 0.1) is 5.92 Å². The predicted octanol–water partition coefficient (Wildman–Crippen LogP) is 3.52. The van der Waals surface area contributed by atoms with Gasteiger partial charge in [0, 0.05) is 11.5 Å². The molecule has 1 aromatic heterocycles. The van der Waals surface area contributed by atoms with Gasteiger partial charge < -0.3 is 10.1 Å². The number of hydrogen-bond acceptors (Lipinski definition) is 5. The van der Waals surface area contributed by atoms with Crippen molar-refractivity contribution in [2.24, 2.45) is 5.92 Å². The average Bonchev–Trinajstić information content (AvgIpc) is 3.28. The molecule has 1 fully saturated rings. The van der Waals surface area contributed by atoms with Gasteiger partial charge in [0.05, 0.1) is 5.00 Å². The Morgan fingerprint density at radius 3 is 2.39 bits per heavy atom. The Bertz CT molecular complexity index is 759. The fourth-order valence-electron chi connectivity index (χ4n) is 2.00. The summed E-state index contributed by atoms with van der Waals surface area (Å²) in [6, 6.07) is 9.71. The van der Waals surface area contributed by atoms with Gasteiger partial charge in [-0.05, 0) is 56.2 Å². The summed E-state index contributed by atoms with van der Waals surface area (Å²) in [7, 11) is 0. The number of benzene rings is 1. The smallest absolute Gasteiger partial charge is 0.353 e. The minimum absolute atomic E-state index is 0.00610. The lowest BCUT2D eigenvalue weighted by Gasteiger charge is -2.03. The lowest BCUT2D eigenvalue weighted by atomic mass is 10.1. The van der Waals surface area contributed by atoms with E-state index in [2.05, 4.69) is 5.32 Å². The van der Waals surface area contributed by atoms with Crippen LogP contribution in [0.25, 0.3) is 0 Å². The van der Waals surface area contributed by atoms with E-state index in [1.807, 2.05) is 0 Å². The maximum absolute atomic E-state index is 12.1. The molecule has 1 saturated carbocycles. The SMILES string of the molecule is CC(=O)c1ccc(OC(=O)c2ccc(NC(=O)C3CC3)s2)cc1. The van der Waals surface area contributed by atoms with Crippen LogP contribution >= 0.6 is 11.3 Å². The molecule has 0 unspecified atom stereocenters. The zero-order valence-corrected chi connectivity index (χ0v) is 13.3. The number of carbonyl (C=O) groups excluding carboxylic acids is 3. The summed E-state index contributed by atoms with van der Waals surface area (Å²) < 4.78 is 5.26. The molecule has 118 valence electrons. The van der Waals surface area contributed by atoms with Crippen LogP contribution in [0.15, 0.2) is 36.4 Å². The summed E-state index contributed by atoms with van der Waals surface area (Å²) >= 11 is 1.18. The number of Topliss-reactive ketones (excluding diaryl/α,β-unsaturated/α-hetero) is 1. The van der Waals surface area contributed by atoms with Gasteiger partial charge >= 0.3 is 5.97 Å². The second kappa shape index (κ2) is 6.34. The highest BCUT2D eigenvalue weighted by atomic mass is 32.1. The van der Waals surface area contributed by atoms with Crippen molar-refractivity contribution in [3.63, 3.8) is 0 Å². The van der Waals surface area contributed by atoms with Crippen LogP contribution in [0.3, 0.4) is 0 Å². The number of ketones is 1. The van der Waals surface area contributed by atoms with Crippen molar-refractivity contribution < 1.29 is 19.1 Å². The Balaban J connectivity index is 1.62. The summed E-state index contributed by atoms with van der Waals surface area (Å²) in [5.41, 5.74) is 0.561. The molecule has 5 nitrogen and oxygen atoms in total. The molecule has 3 rings (SSSR count). The predicted molar refractivity (Wildman–Crippen MR) is 87.1 cm³/mol. The lowest BCUT2D eigenvalue weighted by Crippen LogP contribution is -2.12. The van der Waals surface area contributed by atoms with Gasteiger partial charge in [-0.15, -0.1) is 11.3 Å². The molecular weight excluding hydrogens is 314 g/mol. The van der Waals surface area contributed by atoms with Crippen molar-refractivity contribution in [3.05, 3.63) is 46.8 Å². The number of rotatable bonds is 5. The lowest BCUT2D eigenvalue weighted by molar-refractivity contribution is -0.117. The van der Waals surface area contributed by atoms with Crippen LogP contribution in [-0.4, -0.2) is 17.7 Å². The third kappa shape index (κ3) is 3.84. The van der Waals surface area contributed by atoms with E-state index < -0.39 is 5.97 Å². The van der Waals surface area contributed by atoms with Gasteiger partial charge in [0.25, 0.3) is 0 Å². The fourth-order valence-corrected chi connectivity index (χ4v) is 2.78. The number of anilines is 1. The fraction of sp³-hybridized carbons (Fsp3) is 0.235. The highest BCUT2D eigenvalue weighted by Crippen LogP contribution is 2.31. The summed E-state index contributed by atoms with van der Waals surface area (Å²) in [5.74, 6) is -0.0366. The number of nitrogens with one attached hydrogen (secondary N) is 1. The highest BCUT2D eigenvalue weighted by Gasteiger charge is 2.29. The van der Waals surface area contributed by atoms with E-state index in [4.69, 9.17) is 4.74 Å².